The van der Waals surface area contributed by atoms with Gasteiger partial charge in [0.2, 0.25) is 0 Å². The lowest BCUT2D eigenvalue weighted by Gasteiger charge is -2.01. The molecule has 0 aliphatic rings. The highest BCUT2D eigenvalue weighted by molar-refractivity contribution is 7.98. The summed E-state index contributed by atoms with van der Waals surface area (Å²) in [5, 5.41) is 1.42. The van der Waals surface area contributed by atoms with Gasteiger partial charge in [-0.15, -0.1) is 11.3 Å². The van der Waals surface area contributed by atoms with E-state index in [1.165, 1.54) is 5.56 Å². The van der Waals surface area contributed by atoms with Gasteiger partial charge in [-0.05, 0) is 25.0 Å². The Hall–Kier alpha value is -1.59. The number of hydrogen-bond donors (Lipinski definition) is 1. The minimum Gasteiger partial charge on any atom is -0.301 e. The Morgan fingerprint density at radius 3 is 2.75 bits per heavy atom. The maximum absolute atomic E-state index is 12.1. The van der Waals surface area contributed by atoms with Crippen LogP contribution >= 0.6 is 23.1 Å². The number of H-pyrrole nitrogens is 1. The molecule has 0 unspecified atom stereocenters. The average molecular weight is 302 g/mol. The van der Waals surface area contributed by atoms with Crippen molar-refractivity contribution in [1.29, 1.82) is 0 Å². The van der Waals surface area contributed by atoms with E-state index in [2.05, 4.69) is 22.1 Å². The Balaban J connectivity index is 1.91. The second kappa shape index (κ2) is 5.42. The monoisotopic (exact) mass is 302 g/mol. The lowest BCUT2D eigenvalue weighted by atomic mass is 10.2. The summed E-state index contributed by atoms with van der Waals surface area (Å²) >= 11 is 3.14. The van der Waals surface area contributed by atoms with Crippen molar-refractivity contribution in [2.45, 2.75) is 24.8 Å². The molecule has 0 saturated heterocycles. The minimum atomic E-state index is -0.0348. The number of aromatic nitrogens is 2. The fraction of sp³-hybridized carbons (Fsp3) is 0.200. The molecular formula is C15H14N2OS2. The summed E-state index contributed by atoms with van der Waals surface area (Å²) in [7, 11) is 0. The Kier molecular flexibility index (Phi) is 3.63. The molecule has 0 atom stereocenters. The zero-order chi connectivity index (χ0) is 14.1. The first kappa shape index (κ1) is 13.4. The van der Waals surface area contributed by atoms with E-state index in [4.69, 9.17) is 0 Å². The fourth-order valence-electron chi connectivity index (χ4n) is 2.03. The van der Waals surface area contributed by atoms with Crippen LogP contribution in [0.4, 0.5) is 0 Å². The predicted molar refractivity (Wildman–Crippen MR) is 85.7 cm³/mol. The zero-order valence-corrected chi connectivity index (χ0v) is 12.9. The smallest absolute Gasteiger partial charge is 0.260 e. The number of thioether (sulfide) groups is 1. The zero-order valence-electron chi connectivity index (χ0n) is 11.3. The van der Waals surface area contributed by atoms with Crippen LogP contribution in [0.1, 0.15) is 16.0 Å². The summed E-state index contributed by atoms with van der Waals surface area (Å²) in [6, 6.07) is 10.2. The third-order valence-corrected chi connectivity index (χ3v) is 5.28. The molecule has 0 bridgehead atoms. The molecule has 102 valence electrons. The summed E-state index contributed by atoms with van der Waals surface area (Å²) < 4.78 is 0. The first-order chi connectivity index (χ1) is 9.65. The molecule has 1 N–H and O–H groups in total. The SMILES string of the molecule is Cc1sc2nc(SCc3ccccc3)[nH]c(=O)c2c1C. The van der Waals surface area contributed by atoms with Gasteiger partial charge in [-0.1, -0.05) is 42.1 Å². The number of thiophene rings is 1. The molecule has 0 amide bonds. The van der Waals surface area contributed by atoms with Crippen molar-refractivity contribution in [1.82, 2.24) is 9.97 Å². The number of aromatic amines is 1. The van der Waals surface area contributed by atoms with Crippen LogP contribution in [0.25, 0.3) is 10.2 Å². The summed E-state index contributed by atoms with van der Waals surface area (Å²) in [6.45, 7) is 4.00. The third-order valence-electron chi connectivity index (χ3n) is 3.24. The lowest BCUT2D eigenvalue weighted by molar-refractivity contribution is 0.978. The van der Waals surface area contributed by atoms with Crippen LogP contribution < -0.4 is 5.56 Å². The molecule has 1 aromatic carbocycles. The van der Waals surface area contributed by atoms with Crippen molar-refractivity contribution in [2.24, 2.45) is 0 Å². The molecule has 20 heavy (non-hydrogen) atoms. The second-order valence-electron chi connectivity index (χ2n) is 4.61. The van der Waals surface area contributed by atoms with E-state index in [0.29, 0.717) is 5.16 Å². The molecule has 0 radical (unpaired) electrons. The molecular weight excluding hydrogens is 288 g/mol. The van der Waals surface area contributed by atoms with Crippen LogP contribution in [0.5, 0.6) is 0 Å². The largest absolute Gasteiger partial charge is 0.301 e. The maximum atomic E-state index is 12.1. The highest BCUT2D eigenvalue weighted by atomic mass is 32.2. The van der Waals surface area contributed by atoms with E-state index in [-0.39, 0.29) is 5.56 Å². The van der Waals surface area contributed by atoms with Crippen LogP contribution in [0.15, 0.2) is 40.3 Å². The molecule has 5 heteroatoms. The van der Waals surface area contributed by atoms with E-state index < -0.39 is 0 Å². The van der Waals surface area contributed by atoms with Gasteiger partial charge in [0.05, 0.1) is 5.39 Å². The van der Waals surface area contributed by atoms with Crippen LogP contribution in [0.3, 0.4) is 0 Å². The van der Waals surface area contributed by atoms with Gasteiger partial charge in [-0.25, -0.2) is 4.98 Å². The summed E-state index contributed by atoms with van der Waals surface area (Å²) in [6.07, 6.45) is 0. The van der Waals surface area contributed by atoms with Gasteiger partial charge in [0.15, 0.2) is 5.16 Å². The molecule has 0 saturated carbocycles. The van der Waals surface area contributed by atoms with Crippen molar-refractivity contribution in [3.05, 3.63) is 56.7 Å². The van der Waals surface area contributed by atoms with Gasteiger partial charge in [-0.3, -0.25) is 4.79 Å². The van der Waals surface area contributed by atoms with Crippen LogP contribution in [0, 0.1) is 13.8 Å². The number of benzene rings is 1. The van der Waals surface area contributed by atoms with Gasteiger partial charge < -0.3 is 4.98 Å². The molecule has 0 spiro atoms. The van der Waals surface area contributed by atoms with E-state index in [0.717, 1.165) is 26.4 Å². The standard InChI is InChI=1S/C15H14N2OS2/c1-9-10(2)20-14-12(9)13(18)16-15(17-14)19-8-11-6-4-3-5-7-11/h3-7H,8H2,1-2H3,(H,16,17,18). The minimum absolute atomic E-state index is 0.0348. The topological polar surface area (TPSA) is 45.8 Å². The first-order valence-electron chi connectivity index (χ1n) is 6.32. The maximum Gasteiger partial charge on any atom is 0.260 e. The van der Waals surface area contributed by atoms with E-state index in [9.17, 15) is 4.79 Å². The van der Waals surface area contributed by atoms with Gasteiger partial charge >= 0.3 is 0 Å². The number of aryl methyl sites for hydroxylation is 2. The van der Waals surface area contributed by atoms with Gasteiger partial charge in [0, 0.05) is 10.6 Å². The Morgan fingerprint density at radius 2 is 2.00 bits per heavy atom. The Bertz CT molecular complexity index is 806. The normalized spacial score (nSPS) is 11.1. The highest BCUT2D eigenvalue weighted by Gasteiger charge is 2.11. The van der Waals surface area contributed by atoms with Crippen molar-refractivity contribution < 1.29 is 0 Å². The number of nitrogens with zero attached hydrogens (tertiary/aromatic N) is 1. The first-order valence-corrected chi connectivity index (χ1v) is 8.12. The van der Waals surface area contributed by atoms with Crippen LogP contribution in [-0.2, 0) is 5.75 Å². The number of rotatable bonds is 3. The lowest BCUT2D eigenvalue weighted by Crippen LogP contribution is -2.08. The van der Waals surface area contributed by atoms with Crippen LogP contribution in [0.2, 0.25) is 0 Å². The van der Waals surface area contributed by atoms with Gasteiger partial charge in [0.25, 0.3) is 5.56 Å². The Labute approximate surface area is 125 Å². The number of fused-ring (bicyclic) bond motifs is 1. The molecule has 3 rings (SSSR count). The number of nitrogens with one attached hydrogen (secondary N) is 1. The molecule has 0 fully saturated rings. The molecule has 0 aliphatic carbocycles. The Morgan fingerprint density at radius 1 is 1.25 bits per heavy atom. The predicted octanol–water partition coefficient (Wildman–Crippen LogP) is 3.89. The second-order valence-corrected chi connectivity index (χ2v) is 6.78. The van der Waals surface area contributed by atoms with Gasteiger partial charge in [-0.2, -0.15) is 0 Å². The fourth-order valence-corrected chi connectivity index (χ4v) is 3.93. The molecule has 2 heterocycles. The van der Waals surface area contributed by atoms with E-state index in [1.807, 2.05) is 32.0 Å². The van der Waals surface area contributed by atoms with Crippen molar-refractivity contribution in [3.63, 3.8) is 0 Å². The summed E-state index contributed by atoms with van der Waals surface area (Å²) in [4.78, 5) is 21.6. The quantitative estimate of drug-likeness (QED) is 0.589. The molecule has 3 nitrogen and oxygen atoms in total. The molecule has 2 aromatic heterocycles. The van der Waals surface area contributed by atoms with Crippen molar-refractivity contribution in [3.8, 4) is 0 Å². The summed E-state index contributed by atoms with van der Waals surface area (Å²) in [5.74, 6) is 0.804. The third kappa shape index (κ3) is 2.51. The van der Waals surface area contributed by atoms with E-state index in [1.54, 1.807) is 23.1 Å². The van der Waals surface area contributed by atoms with Crippen molar-refractivity contribution >= 4 is 33.3 Å². The van der Waals surface area contributed by atoms with Crippen LogP contribution in [-0.4, -0.2) is 9.97 Å². The average Bonchev–Trinajstić information content (AvgIpc) is 2.73. The summed E-state index contributed by atoms with van der Waals surface area (Å²) in [5.41, 5.74) is 2.23. The number of hydrogen-bond acceptors (Lipinski definition) is 4. The molecule has 0 aliphatic heterocycles. The molecule has 3 aromatic rings. The van der Waals surface area contributed by atoms with Crippen molar-refractivity contribution in [2.75, 3.05) is 0 Å². The van der Waals surface area contributed by atoms with E-state index >= 15 is 0 Å². The van der Waals surface area contributed by atoms with Gasteiger partial charge in [0.1, 0.15) is 4.83 Å². The highest BCUT2D eigenvalue weighted by Crippen LogP contribution is 2.27.